The van der Waals surface area contributed by atoms with Gasteiger partial charge in [0, 0.05) is 21.1 Å². The maximum Gasteiger partial charge on any atom is 0.293 e. The Morgan fingerprint density at radius 1 is 0.909 bits per heavy atom. The van der Waals surface area contributed by atoms with E-state index in [0.717, 1.165) is 0 Å². The van der Waals surface area contributed by atoms with Crippen molar-refractivity contribution in [3.63, 3.8) is 0 Å². The van der Waals surface area contributed by atoms with Crippen LogP contribution in [-0.4, -0.2) is 9.85 Å². The summed E-state index contributed by atoms with van der Waals surface area (Å²) in [6.07, 6.45) is 0. The highest BCUT2D eigenvalue weighted by atomic mass is 79.9. The molecule has 2 rings (SSSR count). The lowest BCUT2D eigenvalue weighted by Gasteiger charge is -1.97. The summed E-state index contributed by atoms with van der Waals surface area (Å²) in [6, 6.07) is 9.15. The minimum atomic E-state index is -0.521. The third-order valence-corrected chi connectivity index (χ3v) is 4.33. The van der Waals surface area contributed by atoms with Crippen molar-refractivity contribution >= 4 is 60.5 Å². The SMILES string of the molecule is Nc1c(Br)cccc1[N+](=O)[O-].O=[N+]([O-])c1cccc(Br)c1Cl. The Hall–Kier alpha value is -1.71. The van der Waals surface area contributed by atoms with Gasteiger partial charge in [0.2, 0.25) is 0 Å². The van der Waals surface area contributed by atoms with E-state index in [1.807, 2.05) is 0 Å². The summed E-state index contributed by atoms with van der Waals surface area (Å²) < 4.78 is 1.08. The number of nitrogen functional groups attached to an aromatic ring is 1. The highest BCUT2D eigenvalue weighted by molar-refractivity contribution is 9.11. The van der Waals surface area contributed by atoms with Gasteiger partial charge in [-0.05, 0) is 44.0 Å². The van der Waals surface area contributed by atoms with E-state index < -0.39 is 9.85 Å². The van der Waals surface area contributed by atoms with Crippen LogP contribution < -0.4 is 5.73 Å². The summed E-state index contributed by atoms with van der Waals surface area (Å²) in [5, 5.41) is 20.7. The van der Waals surface area contributed by atoms with Gasteiger partial charge in [-0.2, -0.15) is 0 Å². The summed E-state index contributed by atoms with van der Waals surface area (Å²) in [5.41, 5.74) is 5.41. The normalized spacial score (nSPS) is 9.59. The van der Waals surface area contributed by atoms with Gasteiger partial charge in [0.15, 0.2) is 0 Å². The minimum Gasteiger partial charge on any atom is -0.392 e. The molecule has 0 heterocycles. The van der Waals surface area contributed by atoms with Crippen LogP contribution in [0.4, 0.5) is 17.1 Å². The van der Waals surface area contributed by atoms with Crippen molar-refractivity contribution < 1.29 is 9.85 Å². The van der Waals surface area contributed by atoms with E-state index in [2.05, 4.69) is 31.9 Å². The van der Waals surface area contributed by atoms with Gasteiger partial charge in [0.05, 0.1) is 9.85 Å². The van der Waals surface area contributed by atoms with Gasteiger partial charge in [0.25, 0.3) is 11.4 Å². The average molecular weight is 453 g/mol. The second-order valence-corrected chi connectivity index (χ2v) is 5.85. The van der Waals surface area contributed by atoms with Gasteiger partial charge in [-0.15, -0.1) is 0 Å². The van der Waals surface area contributed by atoms with Gasteiger partial charge in [-0.25, -0.2) is 0 Å². The van der Waals surface area contributed by atoms with E-state index in [1.54, 1.807) is 24.3 Å². The van der Waals surface area contributed by atoms with E-state index in [4.69, 9.17) is 17.3 Å². The highest BCUT2D eigenvalue weighted by Crippen LogP contribution is 2.31. The zero-order chi connectivity index (χ0) is 16.9. The molecule has 0 unspecified atom stereocenters. The van der Waals surface area contributed by atoms with E-state index in [-0.39, 0.29) is 22.1 Å². The van der Waals surface area contributed by atoms with Crippen LogP contribution in [0.2, 0.25) is 5.02 Å². The molecule has 0 radical (unpaired) electrons. The maximum atomic E-state index is 10.3. The molecule has 0 aliphatic rings. The lowest BCUT2D eigenvalue weighted by atomic mass is 10.3. The zero-order valence-electron chi connectivity index (χ0n) is 10.7. The van der Waals surface area contributed by atoms with Crippen molar-refractivity contribution in [2.24, 2.45) is 0 Å². The Morgan fingerprint density at radius 3 is 1.77 bits per heavy atom. The number of nitrogens with zero attached hydrogens (tertiary/aromatic N) is 2. The number of anilines is 1. The standard InChI is InChI=1S/C6H3BrClNO2.C6H5BrN2O2/c2*7-4-2-1-3-5(6(4)8)9(10)11/h1-3H;1-3H,8H2. The van der Waals surface area contributed by atoms with E-state index in [9.17, 15) is 20.2 Å². The van der Waals surface area contributed by atoms with Crippen molar-refractivity contribution in [1.29, 1.82) is 0 Å². The summed E-state index contributed by atoms with van der Waals surface area (Å²) in [6.45, 7) is 0. The molecule has 0 aromatic heterocycles. The average Bonchev–Trinajstić information content (AvgIpc) is 2.45. The number of halogens is 3. The van der Waals surface area contributed by atoms with Crippen molar-refractivity contribution in [2.45, 2.75) is 0 Å². The zero-order valence-corrected chi connectivity index (χ0v) is 14.6. The van der Waals surface area contributed by atoms with E-state index >= 15 is 0 Å². The molecule has 2 N–H and O–H groups in total. The van der Waals surface area contributed by atoms with Crippen LogP contribution in [0.15, 0.2) is 45.3 Å². The number of nitro groups is 2. The molecule has 0 spiro atoms. The summed E-state index contributed by atoms with van der Waals surface area (Å²) in [4.78, 5) is 19.5. The quantitative estimate of drug-likeness (QED) is 0.393. The molecule has 22 heavy (non-hydrogen) atoms. The third-order valence-electron chi connectivity index (χ3n) is 2.35. The lowest BCUT2D eigenvalue weighted by molar-refractivity contribution is -0.384. The number of benzene rings is 2. The van der Waals surface area contributed by atoms with Gasteiger partial charge < -0.3 is 5.73 Å². The van der Waals surface area contributed by atoms with Crippen LogP contribution >= 0.6 is 43.5 Å². The monoisotopic (exact) mass is 451 g/mol. The minimum absolute atomic E-state index is 0.0700. The molecule has 0 saturated heterocycles. The van der Waals surface area contributed by atoms with Crippen LogP contribution in [0.5, 0.6) is 0 Å². The Kier molecular flexibility index (Phi) is 6.72. The number of rotatable bonds is 2. The number of nitrogens with two attached hydrogens (primary N) is 1. The first-order valence-electron chi connectivity index (χ1n) is 5.52. The van der Waals surface area contributed by atoms with Gasteiger partial charge in [0.1, 0.15) is 10.7 Å². The Balaban J connectivity index is 0.000000220. The van der Waals surface area contributed by atoms with Crippen molar-refractivity contribution in [2.75, 3.05) is 5.73 Å². The first-order chi connectivity index (χ1) is 10.3. The highest BCUT2D eigenvalue weighted by Gasteiger charge is 2.13. The summed E-state index contributed by atoms with van der Waals surface area (Å²) in [5.74, 6) is 0. The largest absolute Gasteiger partial charge is 0.392 e. The second kappa shape index (κ2) is 8.06. The van der Waals surface area contributed by atoms with Gasteiger partial charge in [-0.1, -0.05) is 23.7 Å². The molecular weight excluding hydrogens is 445 g/mol. The van der Waals surface area contributed by atoms with Gasteiger partial charge in [-0.3, -0.25) is 20.2 Å². The van der Waals surface area contributed by atoms with Gasteiger partial charge >= 0.3 is 0 Å². The molecule has 0 saturated carbocycles. The topological polar surface area (TPSA) is 112 Å². The lowest BCUT2D eigenvalue weighted by Crippen LogP contribution is -1.95. The molecule has 0 aliphatic heterocycles. The Labute approximate surface area is 146 Å². The Morgan fingerprint density at radius 2 is 1.36 bits per heavy atom. The molecule has 0 amide bonds. The Bertz CT molecular complexity index is 666. The molecular formula is C12H8Br2ClN3O4. The third kappa shape index (κ3) is 4.65. The molecule has 10 heteroatoms. The van der Waals surface area contributed by atoms with Crippen LogP contribution in [0.25, 0.3) is 0 Å². The van der Waals surface area contributed by atoms with Crippen LogP contribution in [0, 0.1) is 20.2 Å². The number of hydrogen-bond donors (Lipinski definition) is 1. The molecule has 2 aromatic rings. The van der Waals surface area contributed by atoms with Crippen LogP contribution in [0.1, 0.15) is 0 Å². The number of hydrogen-bond acceptors (Lipinski definition) is 5. The second-order valence-electron chi connectivity index (χ2n) is 3.76. The first-order valence-corrected chi connectivity index (χ1v) is 7.49. The van der Waals surface area contributed by atoms with Crippen molar-refractivity contribution in [3.8, 4) is 0 Å². The first kappa shape index (κ1) is 18.3. The fraction of sp³-hybridized carbons (Fsp3) is 0. The molecule has 0 aliphatic carbocycles. The van der Waals surface area contributed by atoms with Crippen LogP contribution in [0.3, 0.4) is 0 Å². The summed E-state index contributed by atoms with van der Waals surface area (Å²) >= 11 is 11.8. The smallest absolute Gasteiger partial charge is 0.293 e. The molecule has 0 atom stereocenters. The van der Waals surface area contributed by atoms with Crippen molar-refractivity contribution in [1.82, 2.24) is 0 Å². The van der Waals surface area contributed by atoms with Crippen molar-refractivity contribution in [3.05, 3.63) is 70.6 Å². The molecule has 0 bridgehead atoms. The van der Waals surface area contributed by atoms with E-state index in [1.165, 1.54) is 12.1 Å². The maximum absolute atomic E-state index is 10.3. The fourth-order valence-electron chi connectivity index (χ4n) is 1.32. The number of para-hydroxylation sites is 1. The molecule has 7 nitrogen and oxygen atoms in total. The molecule has 0 fully saturated rings. The fourth-order valence-corrected chi connectivity index (χ4v) is 2.22. The van der Waals surface area contributed by atoms with E-state index in [0.29, 0.717) is 8.95 Å². The predicted molar refractivity (Wildman–Crippen MR) is 91.0 cm³/mol. The summed E-state index contributed by atoms with van der Waals surface area (Å²) in [7, 11) is 0. The predicted octanol–water partition coefficient (Wildman–Crippen LogP) is 4.95. The van der Waals surface area contributed by atoms with Crippen LogP contribution in [-0.2, 0) is 0 Å². The molecule has 116 valence electrons. The number of nitro benzene ring substituents is 2. The molecule has 2 aromatic carbocycles.